The monoisotopic (exact) mass is 538 g/mol. The molecular weight excluding hydrogens is 480 g/mol. The van der Waals surface area contributed by atoms with Gasteiger partial charge in [-0.1, -0.05) is 7.43 Å². The van der Waals surface area contributed by atoms with Crippen LogP contribution in [0.1, 0.15) is 81.6 Å². The zero-order chi connectivity index (χ0) is 27.1. The lowest BCUT2D eigenvalue weighted by Crippen LogP contribution is -2.18. The predicted octanol–water partition coefficient (Wildman–Crippen LogP) is 3.96. The van der Waals surface area contributed by atoms with Crippen molar-refractivity contribution in [2.45, 2.75) is 99.8 Å². The Morgan fingerprint density at radius 3 is 1.26 bits per heavy atom. The number of hydrogen-bond acceptors (Lipinski definition) is 9. The van der Waals surface area contributed by atoms with Crippen molar-refractivity contribution in [3.05, 3.63) is 0 Å². The van der Waals surface area contributed by atoms with E-state index in [2.05, 4.69) is 0 Å². The third-order valence-electron chi connectivity index (χ3n) is 3.05. The quantitative estimate of drug-likeness (QED) is 0.116. The molecule has 0 fully saturated rings. The van der Waals surface area contributed by atoms with Gasteiger partial charge in [0.2, 0.25) is 0 Å². The lowest BCUT2D eigenvalue weighted by molar-refractivity contribution is -0.141. The largest absolute Gasteiger partial charge is 0.394 e. The summed E-state index contributed by atoms with van der Waals surface area (Å²) in [6, 6.07) is 0. The van der Waals surface area contributed by atoms with Crippen molar-refractivity contribution in [3.63, 3.8) is 0 Å². The molecule has 220 valence electrons. The minimum Gasteiger partial charge on any atom is -0.394 e. The zero-order valence-electron chi connectivity index (χ0n) is 22.8. The molecule has 0 atom stereocenters. The van der Waals surface area contributed by atoms with Crippen LogP contribution in [0.5, 0.6) is 0 Å². The first-order chi connectivity index (χ1) is 16.1. The highest BCUT2D eigenvalue weighted by Gasteiger charge is 2.07. The highest BCUT2D eigenvalue weighted by molar-refractivity contribution is 6.17. The Morgan fingerprint density at radius 1 is 0.657 bits per heavy atom. The molecule has 0 aromatic heterocycles. The topological polar surface area (TPSA) is 127 Å². The van der Waals surface area contributed by atoms with Gasteiger partial charge in [0, 0.05) is 45.3 Å². The van der Waals surface area contributed by atoms with Crippen LogP contribution in [0.4, 0.5) is 0 Å². The number of rotatable bonds is 18. The number of alkyl halides is 1. The average Bonchev–Trinajstić information content (AvgIpc) is 2.77. The first-order valence-corrected chi connectivity index (χ1v) is 12.8. The van der Waals surface area contributed by atoms with E-state index in [1.165, 1.54) is 0 Å². The van der Waals surface area contributed by atoms with Gasteiger partial charge < -0.3 is 44.1 Å². The summed E-state index contributed by atoms with van der Waals surface area (Å²) in [5.74, 6) is 0.677. The molecule has 0 heterocycles. The minimum absolute atomic E-state index is 0. The molecule has 4 N–H and O–H groups in total. The molecule has 35 heavy (non-hydrogen) atoms. The van der Waals surface area contributed by atoms with Crippen LogP contribution in [0.25, 0.3) is 0 Å². The van der Waals surface area contributed by atoms with Crippen LogP contribution in [-0.4, -0.2) is 104 Å². The second kappa shape index (κ2) is 38.5. The molecule has 0 rings (SSSR count). The van der Waals surface area contributed by atoms with Crippen molar-refractivity contribution < 1.29 is 44.1 Å². The first-order valence-electron chi connectivity index (χ1n) is 12.3. The van der Waals surface area contributed by atoms with E-state index in [1.54, 1.807) is 20.8 Å². The van der Waals surface area contributed by atoms with E-state index in [9.17, 15) is 0 Å². The van der Waals surface area contributed by atoms with Crippen LogP contribution in [0.15, 0.2) is 0 Å². The highest BCUT2D eigenvalue weighted by Crippen LogP contribution is 2.05. The Labute approximate surface area is 221 Å². The standard InChI is InChI=1S/C10H22O4.C8H17ClO2.C4H10O.C2H6O2.CH4/c1-3-13-10(14-4-2)6-5-8-12-9-7-11;1-3-10-8(11-4-2)6-5-7-9;1-4(2,3)5;3-1-2-4;/h10-11H,3-9H2,1-2H3;8H,3-7H2,1-2H3;5H,1-3H3;3-4H,1-2H2;1H4. The molecule has 0 aliphatic heterocycles. The van der Waals surface area contributed by atoms with Crippen molar-refractivity contribution in [1.82, 2.24) is 0 Å². The third-order valence-corrected chi connectivity index (χ3v) is 3.32. The van der Waals surface area contributed by atoms with E-state index in [-0.39, 0.29) is 39.8 Å². The van der Waals surface area contributed by atoms with Gasteiger partial charge in [-0.3, -0.25) is 0 Å². The summed E-state index contributed by atoms with van der Waals surface area (Å²) < 4.78 is 26.5. The third kappa shape index (κ3) is 60.4. The van der Waals surface area contributed by atoms with Gasteiger partial charge >= 0.3 is 0 Å². The summed E-state index contributed by atoms with van der Waals surface area (Å²) in [5, 5.41) is 32.2. The van der Waals surface area contributed by atoms with Gasteiger partial charge in [-0.25, -0.2) is 0 Å². The molecule has 0 bridgehead atoms. The van der Waals surface area contributed by atoms with Gasteiger partial charge in [-0.2, -0.15) is 0 Å². The first kappa shape index (κ1) is 44.9. The van der Waals surface area contributed by atoms with Crippen LogP contribution in [-0.2, 0) is 23.7 Å². The second-order valence-corrected chi connectivity index (χ2v) is 7.99. The highest BCUT2D eigenvalue weighted by atomic mass is 35.5. The molecule has 0 aromatic rings. The van der Waals surface area contributed by atoms with E-state index < -0.39 is 5.60 Å². The van der Waals surface area contributed by atoms with Crippen molar-refractivity contribution in [1.29, 1.82) is 0 Å². The molecule has 0 unspecified atom stereocenters. The Morgan fingerprint density at radius 2 is 1.00 bits per heavy atom. The van der Waals surface area contributed by atoms with E-state index in [4.69, 9.17) is 55.7 Å². The summed E-state index contributed by atoms with van der Waals surface area (Å²) in [7, 11) is 0. The van der Waals surface area contributed by atoms with Crippen LogP contribution in [0, 0.1) is 0 Å². The molecule has 10 heteroatoms. The van der Waals surface area contributed by atoms with Gasteiger partial charge in [0.05, 0.1) is 32.0 Å². The maximum Gasteiger partial charge on any atom is 0.157 e. The summed E-state index contributed by atoms with van der Waals surface area (Å²) >= 11 is 5.53. The molecule has 0 amide bonds. The van der Waals surface area contributed by atoms with Crippen molar-refractivity contribution in [2.75, 3.05) is 65.3 Å². The van der Waals surface area contributed by atoms with Crippen molar-refractivity contribution in [2.24, 2.45) is 0 Å². The maximum atomic E-state index is 8.52. The molecule has 0 aliphatic carbocycles. The number of halogens is 1. The number of hydrogen-bond donors (Lipinski definition) is 4. The van der Waals surface area contributed by atoms with Crippen LogP contribution < -0.4 is 0 Å². The van der Waals surface area contributed by atoms with Gasteiger partial charge in [-0.05, 0) is 67.7 Å². The number of ether oxygens (including phenoxy) is 5. The van der Waals surface area contributed by atoms with Crippen LogP contribution >= 0.6 is 11.6 Å². The molecule has 0 aromatic carbocycles. The minimum atomic E-state index is -0.500. The fourth-order valence-electron chi connectivity index (χ4n) is 1.94. The fraction of sp³-hybridized carbons (Fsp3) is 1.00. The Bertz CT molecular complexity index is 313. The van der Waals surface area contributed by atoms with E-state index in [1.807, 2.05) is 27.7 Å². The summed E-state index contributed by atoms with van der Waals surface area (Å²) in [5.41, 5.74) is -0.500. The molecule has 0 spiro atoms. The van der Waals surface area contributed by atoms with E-state index >= 15 is 0 Å². The van der Waals surface area contributed by atoms with E-state index in [0.717, 1.165) is 25.7 Å². The lowest BCUT2D eigenvalue weighted by atomic mass is 10.2. The fourth-order valence-corrected chi connectivity index (χ4v) is 2.09. The molecule has 0 aliphatic rings. The normalized spacial score (nSPS) is 10.5. The molecule has 0 radical (unpaired) electrons. The smallest absolute Gasteiger partial charge is 0.157 e. The lowest BCUT2D eigenvalue weighted by Gasteiger charge is -2.16. The predicted molar refractivity (Wildman–Crippen MR) is 144 cm³/mol. The average molecular weight is 539 g/mol. The van der Waals surface area contributed by atoms with Gasteiger partial charge in [-0.15, -0.1) is 11.6 Å². The van der Waals surface area contributed by atoms with E-state index in [0.29, 0.717) is 45.5 Å². The molecule has 0 saturated carbocycles. The van der Waals surface area contributed by atoms with Crippen LogP contribution in [0.3, 0.4) is 0 Å². The summed E-state index contributed by atoms with van der Waals surface area (Å²) in [4.78, 5) is 0. The molecular formula is C25H59ClO9. The summed E-state index contributed by atoms with van der Waals surface area (Å²) in [6.07, 6.45) is 3.42. The van der Waals surface area contributed by atoms with Crippen molar-refractivity contribution in [3.8, 4) is 0 Å². The van der Waals surface area contributed by atoms with Crippen LogP contribution in [0.2, 0.25) is 0 Å². The second-order valence-electron chi connectivity index (χ2n) is 7.61. The van der Waals surface area contributed by atoms with Crippen molar-refractivity contribution >= 4 is 11.6 Å². The Hall–Kier alpha value is -0.0700. The molecule has 0 saturated heterocycles. The van der Waals surface area contributed by atoms with Gasteiger partial charge in [0.25, 0.3) is 0 Å². The Balaban J connectivity index is -0.000000127. The maximum absolute atomic E-state index is 8.52. The van der Waals surface area contributed by atoms with Gasteiger partial charge in [0.15, 0.2) is 12.6 Å². The molecule has 9 nitrogen and oxygen atoms in total. The van der Waals surface area contributed by atoms with Gasteiger partial charge in [0.1, 0.15) is 0 Å². The SMILES string of the molecule is C.CC(C)(C)O.CCOC(CCCCl)OCC.CCOC(CCCOCCO)OCC.OCCO. The Kier molecular flexibility index (Phi) is 49.3. The zero-order valence-corrected chi connectivity index (χ0v) is 23.5. The summed E-state index contributed by atoms with van der Waals surface area (Å²) in [6.45, 7) is 16.7. The number of aliphatic hydroxyl groups excluding tert-OH is 3. The number of aliphatic hydroxyl groups is 4.